The summed E-state index contributed by atoms with van der Waals surface area (Å²) in [6.07, 6.45) is 4.75. The lowest BCUT2D eigenvalue weighted by molar-refractivity contribution is 0.277. The van der Waals surface area contributed by atoms with Crippen LogP contribution >= 0.6 is 0 Å². The first-order valence-electron chi connectivity index (χ1n) is 6.00. The summed E-state index contributed by atoms with van der Waals surface area (Å²) in [5, 5.41) is 16.2. The number of nitrogens with zero attached hydrogens (tertiary/aromatic N) is 4. The Labute approximate surface area is 115 Å². The van der Waals surface area contributed by atoms with Crippen LogP contribution in [0.3, 0.4) is 0 Å². The van der Waals surface area contributed by atoms with Gasteiger partial charge in [-0.1, -0.05) is 5.16 Å². The molecule has 0 saturated carbocycles. The van der Waals surface area contributed by atoms with Gasteiger partial charge in [0.2, 0.25) is 16.4 Å². The van der Waals surface area contributed by atoms with Crippen LogP contribution in [0.2, 0.25) is 0 Å². The summed E-state index contributed by atoms with van der Waals surface area (Å²) >= 11 is 0. The zero-order valence-corrected chi connectivity index (χ0v) is 11.5. The second-order valence-electron chi connectivity index (χ2n) is 4.01. The van der Waals surface area contributed by atoms with Gasteiger partial charge in [-0.3, -0.25) is 4.68 Å². The zero-order chi connectivity index (χ0) is 14.4. The second-order valence-corrected chi connectivity index (χ2v) is 5.78. The Kier molecular flexibility index (Phi) is 4.82. The molecule has 0 aromatic carbocycles. The van der Waals surface area contributed by atoms with Crippen molar-refractivity contribution >= 4 is 10.0 Å². The summed E-state index contributed by atoms with van der Waals surface area (Å²) in [7, 11) is -3.60. The van der Waals surface area contributed by atoms with E-state index in [1.807, 2.05) is 0 Å². The predicted molar refractivity (Wildman–Crippen MR) is 67.1 cm³/mol. The summed E-state index contributed by atoms with van der Waals surface area (Å²) in [4.78, 5) is 3.88. The van der Waals surface area contributed by atoms with Gasteiger partial charge in [0.1, 0.15) is 4.90 Å². The number of hydrogen-bond donors (Lipinski definition) is 2. The molecule has 9 nitrogen and oxygen atoms in total. The first kappa shape index (κ1) is 14.6. The molecule has 10 heteroatoms. The van der Waals surface area contributed by atoms with E-state index in [1.165, 1.54) is 23.5 Å². The number of hydrogen-bond acceptors (Lipinski definition) is 7. The largest absolute Gasteiger partial charge is 0.396 e. The Morgan fingerprint density at radius 3 is 3.00 bits per heavy atom. The van der Waals surface area contributed by atoms with Gasteiger partial charge >= 0.3 is 0 Å². The maximum Gasteiger partial charge on any atom is 0.243 e. The minimum atomic E-state index is -3.60. The molecule has 0 bridgehead atoms. The zero-order valence-electron chi connectivity index (χ0n) is 10.6. The number of rotatable bonds is 8. The van der Waals surface area contributed by atoms with Crippen LogP contribution in [0.5, 0.6) is 0 Å². The molecule has 0 unspecified atom stereocenters. The quantitative estimate of drug-likeness (QED) is 0.652. The molecule has 0 spiro atoms. The lowest BCUT2D eigenvalue weighted by atomic mass is 10.4. The van der Waals surface area contributed by atoms with Crippen molar-refractivity contribution in [3.05, 3.63) is 24.6 Å². The molecule has 0 aliphatic carbocycles. The molecular formula is C10H15N5O4S. The number of aryl methyl sites for hydroxylation is 1. The van der Waals surface area contributed by atoms with Gasteiger partial charge in [0.05, 0.1) is 6.20 Å². The highest BCUT2D eigenvalue weighted by Gasteiger charge is 2.16. The van der Waals surface area contributed by atoms with Crippen LogP contribution in [0.1, 0.15) is 12.2 Å². The van der Waals surface area contributed by atoms with Crippen LogP contribution in [-0.4, -0.2) is 46.6 Å². The van der Waals surface area contributed by atoms with Gasteiger partial charge in [-0.2, -0.15) is 10.1 Å². The first-order valence-corrected chi connectivity index (χ1v) is 7.48. The normalized spacial score (nSPS) is 11.8. The van der Waals surface area contributed by atoms with Crippen LogP contribution in [0.25, 0.3) is 0 Å². The molecule has 2 N–H and O–H groups in total. The van der Waals surface area contributed by atoms with Gasteiger partial charge in [-0.25, -0.2) is 13.1 Å². The van der Waals surface area contributed by atoms with Crippen LogP contribution in [0.4, 0.5) is 0 Å². The topological polar surface area (TPSA) is 123 Å². The third kappa shape index (κ3) is 3.85. The van der Waals surface area contributed by atoms with Crippen molar-refractivity contribution in [3.8, 4) is 0 Å². The Bertz CT molecular complexity index is 622. The molecule has 20 heavy (non-hydrogen) atoms. The maximum absolute atomic E-state index is 12.0. The smallest absolute Gasteiger partial charge is 0.243 e. The van der Waals surface area contributed by atoms with Gasteiger partial charge in [0.15, 0.2) is 5.82 Å². The van der Waals surface area contributed by atoms with Gasteiger partial charge < -0.3 is 9.63 Å². The van der Waals surface area contributed by atoms with E-state index in [4.69, 9.17) is 5.11 Å². The molecular weight excluding hydrogens is 286 g/mol. The summed E-state index contributed by atoms with van der Waals surface area (Å²) in [5.41, 5.74) is 0. The Balaban J connectivity index is 1.90. The highest BCUT2D eigenvalue weighted by atomic mass is 32.2. The number of sulfonamides is 1. The lowest BCUT2D eigenvalue weighted by Gasteiger charge is -2.02. The Hall–Kier alpha value is -1.78. The summed E-state index contributed by atoms with van der Waals surface area (Å²) in [5.74, 6) is 0.436. The molecule has 2 aromatic rings. The number of aliphatic hydroxyl groups is 1. The summed E-state index contributed by atoms with van der Waals surface area (Å²) < 4.78 is 32.4. The van der Waals surface area contributed by atoms with Crippen molar-refractivity contribution < 1.29 is 18.0 Å². The fourth-order valence-corrected chi connectivity index (χ4v) is 2.51. The third-order valence-electron chi connectivity index (χ3n) is 2.51. The van der Waals surface area contributed by atoms with Crippen LogP contribution in [0.15, 0.2) is 28.2 Å². The first-order chi connectivity index (χ1) is 9.62. The van der Waals surface area contributed by atoms with Crippen molar-refractivity contribution in [2.45, 2.75) is 24.3 Å². The molecule has 0 aliphatic heterocycles. The molecule has 0 fully saturated rings. The molecule has 2 aromatic heterocycles. The van der Waals surface area contributed by atoms with E-state index in [9.17, 15) is 8.42 Å². The van der Waals surface area contributed by atoms with Crippen LogP contribution in [0, 0.1) is 0 Å². The molecule has 0 aliphatic rings. The average molecular weight is 301 g/mol. The molecule has 2 rings (SSSR count). The van der Waals surface area contributed by atoms with Crippen molar-refractivity contribution in [1.29, 1.82) is 0 Å². The highest BCUT2D eigenvalue weighted by Crippen LogP contribution is 2.07. The number of nitrogens with one attached hydrogen (secondary N) is 1. The minimum Gasteiger partial charge on any atom is -0.396 e. The number of aliphatic hydroxyl groups excluding tert-OH is 1. The van der Waals surface area contributed by atoms with E-state index in [0.717, 1.165) is 0 Å². The van der Waals surface area contributed by atoms with Crippen LogP contribution < -0.4 is 4.72 Å². The number of aromatic nitrogens is 4. The second kappa shape index (κ2) is 6.59. The van der Waals surface area contributed by atoms with Crippen molar-refractivity contribution in [3.63, 3.8) is 0 Å². The van der Waals surface area contributed by atoms with E-state index in [0.29, 0.717) is 25.2 Å². The Morgan fingerprint density at radius 2 is 2.30 bits per heavy atom. The summed E-state index contributed by atoms with van der Waals surface area (Å²) in [6, 6.07) is 0. The molecule has 0 saturated heterocycles. The average Bonchev–Trinajstić information content (AvgIpc) is 3.07. The molecule has 0 radical (unpaired) electrons. The predicted octanol–water partition coefficient (Wildman–Crippen LogP) is -0.831. The molecule has 0 amide bonds. The van der Waals surface area contributed by atoms with E-state index in [-0.39, 0.29) is 18.0 Å². The maximum atomic E-state index is 12.0. The highest BCUT2D eigenvalue weighted by molar-refractivity contribution is 7.89. The molecule has 110 valence electrons. The molecule has 2 heterocycles. The van der Waals surface area contributed by atoms with E-state index in [2.05, 4.69) is 24.5 Å². The lowest BCUT2D eigenvalue weighted by Crippen LogP contribution is -2.26. The van der Waals surface area contributed by atoms with Gasteiger partial charge in [0.25, 0.3) is 0 Å². The minimum absolute atomic E-state index is 0.0326. The van der Waals surface area contributed by atoms with Crippen molar-refractivity contribution in [1.82, 2.24) is 24.6 Å². The van der Waals surface area contributed by atoms with Crippen molar-refractivity contribution in [2.24, 2.45) is 0 Å². The van der Waals surface area contributed by atoms with Gasteiger partial charge in [-0.05, 0) is 6.42 Å². The van der Waals surface area contributed by atoms with Gasteiger partial charge in [0, 0.05) is 32.3 Å². The van der Waals surface area contributed by atoms with Crippen molar-refractivity contribution in [2.75, 3.05) is 13.2 Å². The van der Waals surface area contributed by atoms with E-state index < -0.39 is 10.0 Å². The fourth-order valence-electron chi connectivity index (χ4n) is 1.52. The Morgan fingerprint density at radius 1 is 1.45 bits per heavy atom. The summed E-state index contributed by atoms with van der Waals surface area (Å²) in [6.45, 7) is 0.670. The van der Waals surface area contributed by atoms with E-state index >= 15 is 0 Å². The monoisotopic (exact) mass is 301 g/mol. The van der Waals surface area contributed by atoms with Crippen LogP contribution in [-0.2, 0) is 23.0 Å². The standard InChI is InChI=1S/C10H15N5O4S/c16-5-1-4-15-7-9(6-12-15)20(17,18)13-3-2-10-11-8-19-14-10/h6-8,13,16H,1-5H2. The van der Waals surface area contributed by atoms with E-state index in [1.54, 1.807) is 0 Å². The SMILES string of the molecule is O=S(=O)(NCCc1ncon1)c1cnn(CCCO)c1. The molecule has 0 atom stereocenters. The van der Waals surface area contributed by atoms with Gasteiger partial charge in [-0.15, -0.1) is 0 Å². The third-order valence-corrected chi connectivity index (χ3v) is 3.93. The fraction of sp³-hybridized carbons (Fsp3) is 0.500.